The summed E-state index contributed by atoms with van der Waals surface area (Å²) >= 11 is 0. The average molecular weight is 191 g/mol. The van der Waals surface area contributed by atoms with Crippen LogP contribution in [-0.4, -0.2) is 6.61 Å². The zero-order valence-electron chi connectivity index (χ0n) is 8.84. The van der Waals surface area contributed by atoms with E-state index in [1.165, 1.54) is 16.7 Å². The first-order valence-corrected chi connectivity index (χ1v) is 5.18. The molecule has 0 radical (unpaired) electrons. The van der Waals surface area contributed by atoms with E-state index in [-0.39, 0.29) is 6.04 Å². The summed E-state index contributed by atoms with van der Waals surface area (Å²) < 4.78 is 5.72. The van der Waals surface area contributed by atoms with Crippen molar-refractivity contribution in [3.63, 3.8) is 0 Å². The van der Waals surface area contributed by atoms with Crippen LogP contribution < -0.4 is 10.5 Å². The average Bonchev–Trinajstić information content (AvgIpc) is 2.29. The molecule has 0 saturated heterocycles. The quantitative estimate of drug-likeness (QED) is 0.683. The van der Waals surface area contributed by atoms with E-state index in [0.29, 0.717) is 0 Å². The largest absolute Gasteiger partial charge is 0.493 e. The Kier molecular flexibility index (Phi) is 2.46. The second kappa shape index (κ2) is 3.62. The van der Waals surface area contributed by atoms with Gasteiger partial charge in [0.2, 0.25) is 0 Å². The van der Waals surface area contributed by atoms with Crippen LogP contribution in [0.5, 0.6) is 5.75 Å². The maximum Gasteiger partial charge on any atom is 0.126 e. The van der Waals surface area contributed by atoms with Gasteiger partial charge >= 0.3 is 0 Å². The van der Waals surface area contributed by atoms with Gasteiger partial charge in [-0.05, 0) is 32.3 Å². The Morgan fingerprint density at radius 3 is 2.93 bits per heavy atom. The highest BCUT2D eigenvalue weighted by atomic mass is 16.5. The summed E-state index contributed by atoms with van der Waals surface area (Å²) in [7, 11) is 0. The molecule has 1 unspecified atom stereocenters. The van der Waals surface area contributed by atoms with Crippen molar-refractivity contribution in [2.45, 2.75) is 32.7 Å². The fourth-order valence-corrected chi connectivity index (χ4v) is 2.09. The first kappa shape index (κ1) is 9.53. The highest BCUT2D eigenvalue weighted by Gasteiger charge is 2.18. The normalized spacial score (nSPS) is 20.9. The van der Waals surface area contributed by atoms with Gasteiger partial charge in [0.05, 0.1) is 6.61 Å². The van der Waals surface area contributed by atoms with Crippen molar-refractivity contribution in [3.05, 3.63) is 28.8 Å². The first-order valence-electron chi connectivity index (χ1n) is 5.18. The molecular weight excluding hydrogens is 174 g/mol. The summed E-state index contributed by atoms with van der Waals surface area (Å²) in [5, 5.41) is 0. The Morgan fingerprint density at radius 1 is 1.36 bits per heavy atom. The minimum atomic E-state index is 0.145. The van der Waals surface area contributed by atoms with Gasteiger partial charge in [-0.25, -0.2) is 0 Å². The Labute approximate surface area is 85.1 Å². The van der Waals surface area contributed by atoms with Crippen LogP contribution in [0.4, 0.5) is 0 Å². The van der Waals surface area contributed by atoms with E-state index in [4.69, 9.17) is 10.5 Å². The summed E-state index contributed by atoms with van der Waals surface area (Å²) in [5.41, 5.74) is 9.76. The van der Waals surface area contributed by atoms with Crippen LogP contribution in [0, 0.1) is 13.8 Å². The number of nitrogens with two attached hydrogens (primary N) is 1. The van der Waals surface area contributed by atoms with E-state index in [1.54, 1.807) is 0 Å². The molecule has 2 heteroatoms. The van der Waals surface area contributed by atoms with E-state index in [0.717, 1.165) is 25.2 Å². The van der Waals surface area contributed by atoms with Crippen LogP contribution in [0.15, 0.2) is 12.1 Å². The van der Waals surface area contributed by atoms with Gasteiger partial charge in [-0.1, -0.05) is 17.7 Å². The molecule has 0 aliphatic carbocycles. The third kappa shape index (κ3) is 1.62. The highest BCUT2D eigenvalue weighted by Crippen LogP contribution is 2.33. The number of aryl methyl sites for hydroxylation is 2. The SMILES string of the molecule is Cc1cc(C)c2c(c1)C(N)CCCO2. The lowest BCUT2D eigenvalue weighted by Crippen LogP contribution is -2.09. The minimum absolute atomic E-state index is 0.145. The topological polar surface area (TPSA) is 35.2 Å². The van der Waals surface area contributed by atoms with E-state index < -0.39 is 0 Å². The van der Waals surface area contributed by atoms with E-state index in [9.17, 15) is 0 Å². The molecule has 2 rings (SSSR count). The van der Waals surface area contributed by atoms with Crippen LogP contribution in [-0.2, 0) is 0 Å². The van der Waals surface area contributed by atoms with Gasteiger partial charge < -0.3 is 10.5 Å². The van der Waals surface area contributed by atoms with Crippen LogP contribution >= 0.6 is 0 Å². The fraction of sp³-hybridized carbons (Fsp3) is 0.500. The smallest absolute Gasteiger partial charge is 0.126 e. The lowest BCUT2D eigenvalue weighted by atomic mass is 9.98. The molecule has 1 aliphatic rings. The monoisotopic (exact) mass is 191 g/mol. The number of fused-ring (bicyclic) bond motifs is 1. The van der Waals surface area contributed by atoms with Crippen LogP contribution in [0.25, 0.3) is 0 Å². The van der Waals surface area contributed by atoms with Crippen molar-refractivity contribution in [3.8, 4) is 5.75 Å². The summed E-state index contributed by atoms with van der Waals surface area (Å²) in [6.07, 6.45) is 2.07. The zero-order chi connectivity index (χ0) is 10.1. The molecule has 0 spiro atoms. The third-order valence-corrected chi connectivity index (χ3v) is 2.75. The summed E-state index contributed by atoms with van der Waals surface area (Å²) in [6, 6.07) is 4.45. The molecule has 1 heterocycles. The minimum Gasteiger partial charge on any atom is -0.493 e. The molecule has 1 aromatic carbocycles. The molecule has 14 heavy (non-hydrogen) atoms. The van der Waals surface area contributed by atoms with Gasteiger partial charge in [0.1, 0.15) is 5.75 Å². The summed E-state index contributed by atoms with van der Waals surface area (Å²) in [5.74, 6) is 1.01. The molecule has 1 aromatic rings. The molecule has 2 N–H and O–H groups in total. The van der Waals surface area contributed by atoms with Gasteiger partial charge in [0.15, 0.2) is 0 Å². The van der Waals surface area contributed by atoms with Crippen LogP contribution in [0.2, 0.25) is 0 Å². The molecule has 0 saturated carbocycles. The molecular formula is C12H17NO. The first-order chi connectivity index (χ1) is 6.68. The Bertz CT molecular complexity index is 346. The molecule has 0 amide bonds. The van der Waals surface area contributed by atoms with Crippen molar-refractivity contribution in [2.75, 3.05) is 6.61 Å². The molecule has 1 atom stereocenters. The van der Waals surface area contributed by atoms with Gasteiger partial charge in [0, 0.05) is 11.6 Å². The van der Waals surface area contributed by atoms with E-state index >= 15 is 0 Å². The lowest BCUT2D eigenvalue weighted by Gasteiger charge is -2.14. The van der Waals surface area contributed by atoms with E-state index in [2.05, 4.69) is 26.0 Å². The Morgan fingerprint density at radius 2 is 2.14 bits per heavy atom. The van der Waals surface area contributed by atoms with Crippen LogP contribution in [0.1, 0.15) is 35.6 Å². The molecule has 76 valence electrons. The van der Waals surface area contributed by atoms with Gasteiger partial charge in [-0.15, -0.1) is 0 Å². The standard InChI is InChI=1S/C12H17NO/c1-8-6-9(2)12-10(7-8)11(13)4-3-5-14-12/h6-7,11H,3-5,13H2,1-2H3. The second-order valence-corrected chi connectivity index (χ2v) is 4.10. The maximum atomic E-state index is 6.10. The summed E-state index contributed by atoms with van der Waals surface area (Å²) in [4.78, 5) is 0. The Balaban J connectivity index is 2.53. The van der Waals surface area contributed by atoms with Crippen molar-refractivity contribution in [2.24, 2.45) is 5.73 Å². The van der Waals surface area contributed by atoms with Crippen LogP contribution in [0.3, 0.4) is 0 Å². The Hall–Kier alpha value is -1.02. The zero-order valence-corrected chi connectivity index (χ0v) is 8.84. The number of rotatable bonds is 0. The van der Waals surface area contributed by atoms with Gasteiger partial charge in [-0.3, -0.25) is 0 Å². The molecule has 0 fully saturated rings. The third-order valence-electron chi connectivity index (χ3n) is 2.75. The van der Waals surface area contributed by atoms with Gasteiger partial charge in [0.25, 0.3) is 0 Å². The number of hydrogen-bond acceptors (Lipinski definition) is 2. The molecule has 0 aromatic heterocycles. The van der Waals surface area contributed by atoms with Gasteiger partial charge in [-0.2, -0.15) is 0 Å². The van der Waals surface area contributed by atoms with Crippen molar-refractivity contribution in [1.82, 2.24) is 0 Å². The lowest BCUT2D eigenvalue weighted by molar-refractivity contribution is 0.314. The number of benzene rings is 1. The maximum absolute atomic E-state index is 6.10. The predicted molar refractivity (Wildman–Crippen MR) is 57.6 cm³/mol. The summed E-state index contributed by atoms with van der Waals surface area (Å²) in [6.45, 7) is 4.99. The fourth-order valence-electron chi connectivity index (χ4n) is 2.09. The molecule has 1 aliphatic heterocycles. The van der Waals surface area contributed by atoms with E-state index in [1.807, 2.05) is 0 Å². The molecule has 2 nitrogen and oxygen atoms in total. The number of ether oxygens (including phenoxy) is 1. The molecule has 0 bridgehead atoms. The van der Waals surface area contributed by atoms with Crippen molar-refractivity contribution < 1.29 is 4.74 Å². The highest BCUT2D eigenvalue weighted by molar-refractivity contribution is 5.45. The second-order valence-electron chi connectivity index (χ2n) is 4.10. The van der Waals surface area contributed by atoms with Crippen molar-refractivity contribution >= 4 is 0 Å². The number of hydrogen-bond donors (Lipinski definition) is 1. The van der Waals surface area contributed by atoms with Crippen molar-refractivity contribution in [1.29, 1.82) is 0 Å². The predicted octanol–water partition coefficient (Wildman–Crippen LogP) is 2.48.